The van der Waals surface area contributed by atoms with Gasteiger partial charge >= 0.3 is 5.97 Å². The van der Waals surface area contributed by atoms with Crippen molar-refractivity contribution in [3.8, 4) is 0 Å². The average Bonchev–Trinajstić information content (AvgIpc) is 2.68. The smallest absolute Gasteiger partial charge is 0.334 e. The Kier molecular flexibility index (Phi) is 3.01. The van der Waals surface area contributed by atoms with Crippen LogP contribution in [0.2, 0.25) is 0 Å². The maximum atomic E-state index is 11.7. The van der Waals surface area contributed by atoms with E-state index in [4.69, 9.17) is 4.74 Å². The Hall–Kier alpha value is -0.910. The van der Waals surface area contributed by atoms with Crippen LogP contribution < -0.4 is 0 Å². The van der Waals surface area contributed by atoms with Crippen molar-refractivity contribution in [3.63, 3.8) is 0 Å². The molecule has 2 fully saturated rings. The number of fused-ring (bicyclic) bond motifs is 2. The molecule has 0 aromatic carbocycles. The molecule has 0 bridgehead atoms. The number of hydrogen-bond acceptors (Lipinski definition) is 5. The Morgan fingerprint density at radius 1 is 1.45 bits per heavy atom. The standard InChI is InChI=1S/C15H22O5/c1-8-9-5-11-14(2,19)4-3-12(17)15(11,7-16)6-10(9)20-13(8)18/h10-12,16-17,19H,3-7H2,1-2H3/t10-,11-,12+,14-,15-/m1/s1. The molecule has 5 nitrogen and oxygen atoms in total. The lowest BCUT2D eigenvalue weighted by Crippen LogP contribution is -2.61. The molecule has 0 unspecified atom stereocenters. The van der Waals surface area contributed by atoms with E-state index in [1.807, 2.05) is 0 Å². The van der Waals surface area contributed by atoms with Crippen LogP contribution in [0.1, 0.15) is 39.5 Å². The van der Waals surface area contributed by atoms with Gasteiger partial charge in [0.05, 0.1) is 18.3 Å². The van der Waals surface area contributed by atoms with Crippen molar-refractivity contribution in [3.05, 3.63) is 11.1 Å². The second-order valence-electron chi connectivity index (χ2n) is 6.81. The average molecular weight is 282 g/mol. The first-order valence-electron chi connectivity index (χ1n) is 7.24. The third-order valence-corrected chi connectivity index (χ3v) is 5.74. The van der Waals surface area contributed by atoms with E-state index in [0.717, 1.165) is 5.57 Å². The van der Waals surface area contributed by atoms with Gasteiger partial charge in [-0.15, -0.1) is 0 Å². The van der Waals surface area contributed by atoms with Gasteiger partial charge in [0.1, 0.15) is 6.10 Å². The zero-order valence-electron chi connectivity index (χ0n) is 11.9. The molecule has 2 saturated carbocycles. The van der Waals surface area contributed by atoms with Crippen molar-refractivity contribution >= 4 is 5.97 Å². The minimum absolute atomic E-state index is 0.199. The summed E-state index contributed by atoms with van der Waals surface area (Å²) in [4.78, 5) is 11.7. The van der Waals surface area contributed by atoms with E-state index in [2.05, 4.69) is 0 Å². The molecule has 3 rings (SSSR count). The first kappa shape index (κ1) is 14.0. The van der Waals surface area contributed by atoms with Crippen LogP contribution in [-0.2, 0) is 9.53 Å². The fraction of sp³-hybridized carbons (Fsp3) is 0.800. The quantitative estimate of drug-likeness (QED) is 0.610. The highest BCUT2D eigenvalue weighted by molar-refractivity contribution is 5.91. The predicted molar refractivity (Wildman–Crippen MR) is 70.7 cm³/mol. The molecule has 20 heavy (non-hydrogen) atoms. The molecule has 112 valence electrons. The predicted octanol–water partition coefficient (Wildman–Crippen LogP) is 0.523. The Balaban J connectivity index is 2.05. The normalized spacial score (nSPS) is 47.9. The molecule has 0 radical (unpaired) electrons. The van der Waals surface area contributed by atoms with Crippen molar-refractivity contribution < 1.29 is 24.9 Å². The van der Waals surface area contributed by atoms with Gasteiger partial charge < -0.3 is 20.1 Å². The molecule has 2 aliphatic carbocycles. The van der Waals surface area contributed by atoms with Crippen LogP contribution in [0.25, 0.3) is 0 Å². The molecule has 5 heteroatoms. The maximum Gasteiger partial charge on any atom is 0.334 e. The minimum Gasteiger partial charge on any atom is -0.454 e. The lowest BCUT2D eigenvalue weighted by molar-refractivity contribution is -0.195. The molecular formula is C15H22O5. The summed E-state index contributed by atoms with van der Waals surface area (Å²) >= 11 is 0. The number of hydrogen-bond donors (Lipinski definition) is 3. The zero-order chi connectivity index (χ0) is 14.7. The van der Waals surface area contributed by atoms with Crippen LogP contribution >= 0.6 is 0 Å². The lowest BCUT2D eigenvalue weighted by Gasteiger charge is -2.56. The minimum atomic E-state index is -0.939. The van der Waals surface area contributed by atoms with Gasteiger partial charge in [0.15, 0.2) is 0 Å². The molecule has 0 amide bonds. The summed E-state index contributed by atoms with van der Waals surface area (Å²) in [5.74, 6) is -0.565. The summed E-state index contributed by atoms with van der Waals surface area (Å²) in [7, 11) is 0. The number of esters is 1. The van der Waals surface area contributed by atoms with E-state index < -0.39 is 17.1 Å². The third kappa shape index (κ3) is 1.70. The van der Waals surface area contributed by atoms with Gasteiger partial charge in [-0.1, -0.05) is 0 Å². The summed E-state index contributed by atoms with van der Waals surface area (Å²) in [5.41, 5.74) is -0.164. The van der Waals surface area contributed by atoms with E-state index in [9.17, 15) is 20.1 Å². The van der Waals surface area contributed by atoms with Gasteiger partial charge in [-0.2, -0.15) is 0 Å². The van der Waals surface area contributed by atoms with E-state index in [0.29, 0.717) is 31.3 Å². The summed E-state index contributed by atoms with van der Waals surface area (Å²) in [6, 6.07) is 0. The number of ether oxygens (including phenoxy) is 1. The molecule has 3 N–H and O–H groups in total. The molecule has 5 atom stereocenters. The number of aliphatic hydroxyl groups is 3. The molecule has 0 saturated heterocycles. The van der Waals surface area contributed by atoms with Crippen LogP contribution in [-0.4, -0.2) is 45.7 Å². The van der Waals surface area contributed by atoms with Crippen molar-refractivity contribution in [2.45, 2.75) is 57.3 Å². The van der Waals surface area contributed by atoms with Crippen LogP contribution in [0.3, 0.4) is 0 Å². The number of rotatable bonds is 1. The highest BCUT2D eigenvalue weighted by Gasteiger charge is 2.60. The van der Waals surface area contributed by atoms with Crippen LogP contribution in [0.15, 0.2) is 11.1 Å². The number of aliphatic hydroxyl groups excluding tert-OH is 2. The molecule has 1 heterocycles. The largest absolute Gasteiger partial charge is 0.454 e. The van der Waals surface area contributed by atoms with Gasteiger partial charge in [0.2, 0.25) is 0 Å². The van der Waals surface area contributed by atoms with Crippen molar-refractivity contribution in [1.29, 1.82) is 0 Å². The van der Waals surface area contributed by atoms with Gasteiger partial charge in [-0.25, -0.2) is 4.79 Å². The second kappa shape index (κ2) is 4.29. The van der Waals surface area contributed by atoms with Crippen LogP contribution in [0.5, 0.6) is 0 Å². The zero-order valence-corrected chi connectivity index (χ0v) is 11.9. The summed E-state index contributed by atoms with van der Waals surface area (Å²) in [6.45, 7) is 3.31. The van der Waals surface area contributed by atoms with Gasteiger partial charge in [0, 0.05) is 16.9 Å². The van der Waals surface area contributed by atoms with Crippen molar-refractivity contribution in [1.82, 2.24) is 0 Å². The van der Waals surface area contributed by atoms with Gasteiger partial charge in [-0.05, 0) is 45.1 Å². The maximum absolute atomic E-state index is 11.7. The highest BCUT2D eigenvalue weighted by atomic mass is 16.5. The van der Waals surface area contributed by atoms with Gasteiger partial charge in [-0.3, -0.25) is 0 Å². The third-order valence-electron chi connectivity index (χ3n) is 5.74. The molecule has 1 aliphatic heterocycles. The van der Waals surface area contributed by atoms with E-state index in [-0.39, 0.29) is 24.6 Å². The van der Waals surface area contributed by atoms with E-state index >= 15 is 0 Å². The molecule has 0 spiro atoms. The summed E-state index contributed by atoms with van der Waals surface area (Å²) in [5, 5.41) is 31.0. The summed E-state index contributed by atoms with van der Waals surface area (Å²) in [6.07, 6.45) is 0.847. The molecule has 3 aliphatic rings. The highest BCUT2D eigenvalue weighted by Crippen LogP contribution is 2.57. The fourth-order valence-corrected chi connectivity index (χ4v) is 4.40. The topological polar surface area (TPSA) is 87.0 Å². The molecular weight excluding hydrogens is 260 g/mol. The second-order valence-corrected chi connectivity index (χ2v) is 6.81. The Labute approximate surface area is 118 Å². The Bertz CT molecular complexity index is 481. The Morgan fingerprint density at radius 2 is 2.15 bits per heavy atom. The van der Waals surface area contributed by atoms with Crippen molar-refractivity contribution in [2.24, 2.45) is 11.3 Å². The molecule has 0 aromatic heterocycles. The first-order valence-corrected chi connectivity index (χ1v) is 7.24. The number of carbonyl (C=O) groups excluding carboxylic acids is 1. The Morgan fingerprint density at radius 3 is 2.80 bits per heavy atom. The lowest BCUT2D eigenvalue weighted by atomic mass is 9.52. The SMILES string of the molecule is CC1=C2C[C@H]3[C@](CO)(C[C@H]2OC1=O)[C@@H](O)CC[C@@]3(C)O. The van der Waals surface area contributed by atoms with E-state index in [1.165, 1.54) is 0 Å². The van der Waals surface area contributed by atoms with Crippen LogP contribution in [0, 0.1) is 11.3 Å². The van der Waals surface area contributed by atoms with E-state index in [1.54, 1.807) is 13.8 Å². The monoisotopic (exact) mass is 282 g/mol. The summed E-state index contributed by atoms with van der Waals surface area (Å²) < 4.78 is 5.35. The first-order chi connectivity index (χ1) is 9.32. The van der Waals surface area contributed by atoms with Crippen LogP contribution in [0.4, 0.5) is 0 Å². The van der Waals surface area contributed by atoms with Gasteiger partial charge in [0.25, 0.3) is 0 Å². The number of carbonyl (C=O) groups is 1. The fourth-order valence-electron chi connectivity index (χ4n) is 4.40. The molecule has 0 aromatic rings. The van der Waals surface area contributed by atoms with Crippen molar-refractivity contribution in [2.75, 3.05) is 6.61 Å².